The van der Waals surface area contributed by atoms with Crippen molar-refractivity contribution in [1.82, 2.24) is 10.0 Å². The predicted molar refractivity (Wildman–Crippen MR) is 97.4 cm³/mol. The zero-order valence-electron chi connectivity index (χ0n) is 15.1. The molecule has 0 heterocycles. The zero-order chi connectivity index (χ0) is 20.2. The van der Waals surface area contributed by atoms with Gasteiger partial charge in [-0.25, -0.2) is 8.42 Å². The van der Waals surface area contributed by atoms with E-state index >= 15 is 0 Å². The van der Waals surface area contributed by atoms with Crippen molar-refractivity contribution in [1.29, 1.82) is 0 Å². The molecule has 0 spiro atoms. The summed E-state index contributed by atoms with van der Waals surface area (Å²) in [7, 11) is -3.95. The average Bonchev–Trinajstić information content (AvgIpc) is 3.02. The van der Waals surface area contributed by atoms with Crippen LogP contribution >= 0.6 is 0 Å². The Balaban J connectivity index is 2.00. The van der Waals surface area contributed by atoms with Crippen LogP contribution in [0.4, 0.5) is 5.69 Å². The first-order valence-corrected chi connectivity index (χ1v) is 10.0. The number of carboxylic acids is 1. The van der Waals surface area contributed by atoms with Crippen LogP contribution in [0.15, 0.2) is 29.2 Å². The first kappa shape index (κ1) is 20.8. The Kier molecular flexibility index (Phi) is 6.55. The lowest BCUT2D eigenvalue weighted by atomic mass is 10.0. The number of rotatable bonds is 7. The van der Waals surface area contributed by atoms with Crippen molar-refractivity contribution in [3.63, 3.8) is 0 Å². The number of nitrogens with one attached hydrogen (secondary N) is 3. The van der Waals surface area contributed by atoms with Gasteiger partial charge in [-0.05, 0) is 44.0 Å². The maximum Gasteiger partial charge on any atom is 0.308 e. The Morgan fingerprint density at radius 2 is 1.78 bits per heavy atom. The van der Waals surface area contributed by atoms with Gasteiger partial charge in [0.05, 0.1) is 16.9 Å². The van der Waals surface area contributed by atoms with Crippen LogP contribution in [0.5, 0.6) is 0 Å². The van der Waals surface area contributed by atoms with Crippen molar-refractivity contribution in [3.8, 4) is 0 Å². The predicted octanol–water partition coefficient (Wildman–Crippen LogP) is 0.681. The summed E-state index contributed by atoms with van der Waals surface area (Å²) in [6.45, 7) is 2.73. The maximum atomic E-state index is 12.4. The van der Waals surface area contributed by atoms with Crippen molar-refractivity contribution < 1.29 is 27.9 Å². The van der Waals surface area contributed by atoms with Crippen LogP contribution < -0.4 is 15.4 Å². The van der Waals surface area contributed by atoms with Gasteiger partial charge in [0.15, 0.2) is 0 Å². The van der Waals surface area contributed by atoms with Crippen LogP contribution in [0.1, 0.15) is 33.1 Å². The second kappa shape index (κ2) is 8.49. The minimum atomic E-state index is -3.95. The monoisotopic (exact) mass is 397 g/mol. The van der Waals surface area contributed by atoms with E-state index in [0.29, 0.717) is 24.9 Å². The molecule has 148 valence electrons. The largest absolute Gasteiger partial charge is 0.481 e. The second-order valence-corrected chi connectivity index (χ2v) is 8.25. The molecule has 0 radical (unpaired) electrons. The molecule has 4 N–H and O–H groups in total. The van der Waals surface area contributed by atoms with Gasteiger partial charge in [0, 0.05) is 18.7 Å². The normalized spacial score (nSPS) is 20.7. The summed E-state index contributed by atoms with van der Waals surface area (Å²) in [5.74, 6) is -2.48. The highest BCUT2D eigenvalue weighted by molar-refractivity contribution is 7.89. The van der Waals surface area contributed by atoms with Crippen LogP contribution in [-0.2, 0) is 24.4 Å². The van der Waals surface area contributed by atoms with E-state index in [1.54, 1.807) is 0 Å². The minimum absolute atomic E-state index is 0.0551. The molecule has 0 bridgehead atoms. The molecule has 9 nitrogen and oxygen atoms in total. The number of benzene rings is 1. The molecule has 27 heavy (non-hydrogen) atoms. The first-order chi connectivity index (χ1) is 12.6. The van der Waals surface area contributed by atoms with E-state index in [-0.39, 0.29) is 10.8 Å². The number of hydrogen-bond acceptors (Lipinski definition) is 5. The number of carboxylic acid groups (broad SMARTS) is 1. The number of hydrogen-bond donors (Lipinski definition) is 4. The van der Waals surface area contributed by atoms with Crippen LogP contribution in [0, 0.1) is 5.92 Å². The van der Waals surface area contributed by atoms with Gasteiger partial charge in [0.25, 0.3) is 0 Å². The summed E-state index contributed by atoms with van der Waals surface area (Å²) in [4.78, 5) is 34.4. The standard InChI is InChI=1S/C17H23N3O6S/c1-10(16(22)19-15-5-3-4-14(15)17(23)24)20-27(25,26)13-8-6-12(7-9-13)18-11(2)21/h6-10,14-15,20H,3-5H2,1-2H3,(H,18,21)(H,19,22)(H,23,24)/t10?,14-,15+/m0/s1. The lowest BCUT2D eigenvalue weighted by Gasteiger charge is -2.21. The van der Waals surface area contributed by atoms with Crippen molar-refractivity contribution in [2.75, 3.05) is 5.32 Å². The molecule has 1 unspecified atom stereocenters. The molecule has 2 amide bonds. The molecular weight excluding hydrogens is 374 g/mol. The van der Waals surface area contributed by atoms with E-state index in [2.05, 4.69) is 15.4 Å². The molecular formula is C17H23N3O6S. The van der Waals surface area contributed by atoms with Crippen LogP contribution in [-0.4, -0.2) is 43.4 Å². The van der Waals surface area contributed by atoms with Crippen LogP contribution in [0.3, 0.4) is 0 Å². The lowest BCUT2D eigenvalue weighted by molar-refractivity contribution is -0.142. The maximum absolute atomic E-state index is 12.4. The number of aliphatic carboxylic acids is 1. The summed E-state index contributed by atoms with van der Waals surface area (Å²) in [6.07, 6.45) is 1.73. The first-order valence-electron chi connectivity index (χ1n) is 8.53. The Morgan fingerprint density at radius 1 is 1.15 bits per heavy atom. The fourth-order valence-electron chi connectivity index (χ4n) is 3.01. The third-order valence-electron chi connectivity index (χ3n) is 4.37. The molecule has 3 atom stereocenters. The molecule has 1 aliphatic carbocycles. The topological polar surface area (TPSA) is 142 Å². The third-order valence-corrected chi connectivity index (χ3v) is 5.93. The van der Waals surface area contributed by atoms with Crippen LogP contribution in [0.25, 0.3) is 0 Å². The molecule has 0 aliphatic heterocycles. The number of carbonyl (C=O) groups excluding carboxylic acids is 2. The van der Waals surface area contributed by atoms with E-state index in [0.717, 1.165) is 0 Å². The molecule has 0 saturated heterocycles. The molecule has 1 aromatic rings. The van der Waals surface area contributed by atoms with E-state index in [9.17, 15) is 22.8 Å². The number of amides is 2. The third kappa shape index (κ3) is 5.51. The lowest BCUT2D eigenvalue weighted by Crippen LogP contribution is -2.49. The van der Waals surface area contributed by atoms with Gasteiger partial charge in [0.2, 0.25) is 21.8 Å². The quantitative estimate of drug-likeness (QED) is 0.533. The van der Waals surface area contributed by atoms with Gasteiger partial charge in [0.1, 0.15) is 0 Å². The van der Waals surface area contributed by atoms with E-state index in [1.165, 1.54) is 38.1 Å². The highest BCUT2D eigenvalue weighted by Crippen LogP contribution is 2.26. The van der Waals surface area contributed by atoms with Gasteiger partial charge in [-0.1, -0.05) is 6.42 Å². The van der Waals surface area contributed by atoms with E-state index < -0.39 is 39.9 Å². The Labute approximate surface area is 157 Å². The molecule has 10 heteroatoms. The summed E-state index contributed by atoms with van der Waals surface area (Å²) in [5, 5.41) is 14.3. The van der Waals surface area contributed by atoms with Crippen molar-refractivity contribution >= 4 is 33.5 Å². The van der Waals surface area contributed by atoms with E-state index in [1.807, 2.05) is 0 Å². The average molecular weight is 397 g/mol. The van der Waals surface area contributed by atoms with Gasteiger partial charge >= 0.3 is 5.97 Å². The highest BCUT2D eigenvalue weighted by atomic mass is 32.2. The SMILES string of the molecule is CC(=O)Nc1ccc(S(=O)(=O)NC(C)C(=O)N[C@@H]2CCC[C@@H]2C(=O)O)cc1. The number of sulfonamides is 1. The minimum Gasteiger partial charge on any atom is -0.481 e. The summed E-state index contributed by atoms with van der Waals surface area (Å²) in [6, 6.07) is 3.94. The molecule has 2 rings (SSSR count). The molecule has 1 aromatic carbocycles. The van der Waals surface area contributed by atoms with Crippen molar-refractivity contribution in [3.05, 3.63) is 24.3 Å². The second-order valence-electron chi connectivity index (χ2n) is 6.54. The highest BCUT2D eigenvalue weighted by Gasteiger charge is 2.35. The number of carbonyl (C=O) groups is 3. The number of anilines is 1. The van der Waals surface area contributed by atoms with Crippen LogP contribution in [0.2, 0.25) is 0 Å². The van der Waals surface area contributed by atoms with Crippen molar-refractivity contribution in [2.24, 2.45) is 5.92 Å². The zero-order valence-corrected chi connectivity index (χ0v) is 15.9. The molecule has 1 aliphatic rings. The molecule has 1 fully saturated rings. The van der Waals surface area contributed by atoms with Crippen molar-refractivity contribution in [2.45, 2.75) is 50.1 Å². The van der Waals surface area contributed by atoms with Gasteiger partial charge < -0.3 is 15.7 Å². The summed E-state index contributed by atoms with van der Waals surface area (Å²) < 4.78 is 27.1. The smallest absolute Gasteiger partial charge is 0.308 e. The summed E-state index contributed by atoms with van der Waals surface area (Å²) >= 11 is 0. The summed E-state index contributed by atoms with van der Waals surface area (Å²) in [5.41, 5.74) is 0.452. The van der Waals surface area contributed by atoms with Gasteiger partial charge in [-0.3, -0.25) is 14.4 Å². The Morgan fingerprint density at radius 3 is 2.33 bits per heavy atom. The van der Waals surface area contributed by atoms with Gasteiger partial charge in [-0.2, -0.15) is 4.72 Å². The Hall–Kier alpha value is -2.46. The Bertz CT molecular complexity index is 822. The fraction of sp³-hybridized carbons (Fsp3) is 0.471. The van der Waals surface area contributed by atoms with E-state index in [4.69, 9.17) is 5.11 Å². The van der Waals surface area contributed by atoms with Gasteiger partial charge in [-0.15, -0.1) is 0 Å². The molecule has 0 aromatic heterocycles. The fourth-order valence-corrected chi connectivity index (χ4v) is 4.21. The molecule has 1 saturated carbocycles.